The third-order valence-electron chi connectivity index (χ3n) is 7.95. The van der Waals surface area contributed by atoms with Crippen LogP contribution in [0.3, 0.4) is 0 Å². The lowest BCUT2D eigenvalue weighted by Gasteiger charge is -2.58. The highest BCUT2D eigenvalue weighted by Crippen LogP contribution is 2.64. The first-order valence-electron chi connectivity index (χ1n) is 9.13. The molecule has 0 aliphatic heterocycles. The second kappa shape index (κ2) is 4.98. The third kappa shape index (κ3) is 1.90. The molecule has 0 saturated heterocycles. The second-order valence-electron chi connectivity index (χ2n) is 8.68. The molecule has 4 aliphatic carbocycles. The summed E-state index contributed by atoms with van der Waals surface area (Å²) in [6.45, 7) is 2.08. The van der Waals surface area contributed by atoms with E-state index in [4.69, 9.17) is 0 Å². The molecule has 4 aliphatic rings. The summed E-state index contributed by atoms with van der Waals surface area (Å²) in [4.78, 5) is 37.3. The molecule has 0 amide bonds. The molecule has 0 bridgehead atoms. The van der Waals surface area contributed by atoms with E-state index in [1.807, 2.05) is 0 Å². The van der Waals surface area contributed by atoms with E-state index in [-0.39, 0.29) is 34.9 Å². The largest absolute Gasteiger partial charge is 0.393 e. The number of rotatable bonds is 1. The molecule has 1 N–H and O–H groups in total. The van der Waals surface area contributed by atoms with E-state index >= 15 is 0 Å². The van der Waals surface area contributed by atoms with Crippen molar-refractivity contribution in [1.29, 1.82) is 0 Å². The highest BCUT2D eigenvalue weighted by atomic mass is 16.3. The summed E-state index contributed by atoms with van der Waals surface area (Å²) < 4.78 is 0. The van der Waals surface area contributed by atoms with Gasteiger partial charge in [-0.3, -0.25) is 9.59 Å². The number of aliphatic hydroxyl groups excluding tert-OH is 1. The smallest absolute Gasteiger partial charge is 0.139 e. The minimum absolute atomic E-state index is 0.153. The molecule has 0 aromatic rings. The van der Waals surface area contributed by atoms with E-state index in [0.717, 1.165) is 25.5 Å². The van der Waals surface area contributed by atoms with Crippen LogP contribution in [0.5, 0.6) is 0 Å². The average molecular weight is 318 g/mol. The van der Waals surface area contributed by atoms with Gasteiger partial charge >= 0.3 is 0 Å². The normalized spacial score (nSPS) is 52.5. The van der Waals surface area contributed by atoms with Crippen molar-refractivity contribution in [1.82, 2.24) is 0 Å². The maximum Gasteiger partial charge on any atom is 0.139 e. The summed E-state index contributed by atoms with van der Waals surface area (Å²) in [5.74, 6) is 0.882. The van der Waals surface area contributed by atoms with Gasteiger partial charge < -0.3 is 9.90 Å². The summed E-state index contributed by atoms with van der Waals surface area (Å²) in [5, 5.41) is 9.99. The lowest BCUT2D eigenvalue weighted by Crippen LogP contribution is -2.58. The monoisotopic (exact) mass is 318 g/mol. The number of carbonyl (C=O) groups excluding carboxylic acids is 3. The van der Waals surface area contributed by atoms with Crippen LogP contribution in [0.25, 0.3) is 0 Å². The maximum atomic E-state index is 12.8. The van der Waals surface area contributed by atoms with Gasteiger partial charge in [-0.25, -0.2) is 0 Å². The molecule has 126 valence electrons. The fraction of sp³-hybridized carbons (Fsp3) is 0.842. The van der Waals surface area contributed by atoms with Crippen LogP contribution in [0, 0.1) is 34.5 Å². The molecule has 4 heteroatoms. The molecular weight excluding hydrogens is 292 g/mol. The van der Waals surface area contributed by atoms with Gasteiger partial charge in [-0.1, -0.05) is 6.92 Å². The standard InChI is InChI=1S/C19H26O4/c1-18-6-5-14-12(13(18)2-3-17(18)23)9-16(22)15-8-11(21)4-7-19(14,15)10-20/h10-15,21H,2-9H2,1H3/t11-,12-,13-,14-,15+,18-,19-/m0/s1. The fourth-order valence-corrected chi connectivity index (χ4v) is 6.69. The van der Waals surface area contributed by atoms with Gasteiger partial charge in [0.25, 0.3) is 0 Å². The van der Waals surface area contributed by atoms with Crippen LogP contribution in [0.15, 0.2) is 0 Å². The van der Waals surface area contributed by atoms with Crippen LogP contribution in [-0.2, 0) is 14.4 Å². The van der Waals surface area contributed by atoms with Crippen molar-refractivity contribution in [3.8, 4) is 0 Å². The average Bonchev–Trinajstić information content (AvgIpc) is 2.84. The van der Waals surface area contributed by atoms with Crippen LogP contribution in [-0.4, -0.2) is 29.1 Å². The maximum absolute atomic E-state index is 12.8. The number of fused-ring (bicyclic) bond motifs is 5. The molecule has 4 rings (SSSR count). The van der Waals surface area contributed by atoms with E-state index in [2.05, 4.69) is 6.92 Å². The lowest BCUT2D eigenvalue weighted by atomic mass is 9.44. The Bertz CT molecular complexity index is 570. The van der Waals surface area contributed by atoms with E-state index in [0.29, 0.717) is 37.9 Å². The van der Waals surface area contributed by atoms with Crippen molar-refractivity contribution in [2.24, 2.45) is 34.5 Å². The molecule has 4 nitrogen and oxygen atoms in total. The predicted molar refractivity (Wildman–Crippen MR) is 83.5 cm³/mol. The molecule has 0 heterocycles. The van der Waals surface area contributed by atoms with Crippen molar-refractivity contribution in [2.45, 2.75) is 64.4 Å². The van der Waals surface area contributed by atoms with Crippen LogP contribution < -0.4 is 0 Å². The third-order valence-corrected chi connectivity index (χ3v) is 7.95. The summed E-state index contributed by atoms with van der Waals surface area (Å²) in [6, 6.07) is 0. The Morgan fingerprint density at radius 2 is 1.91 bits per heavy atom. The minimum Gasteiger partial charge on any atom is -0.393 e. The summed E-state index contributed by atoms with van der Waals surface area (Å²) in [7, 11) is 0. The quantitative estimate of drug-likeness (QED) is 0.753. The van der Waals surface area contributed by atoms with Gasteiger partial charge in [-0.2, -0.15) is 0 Å². The molecule has 0 unspecified atom stereocenters. The zero-order valence-electron chi connectivity index (χ0n) is 13.8. The van der Waals surface area contributed by atoms with Gasteiger partial charge in [-0.05, 0) is 56.3 Å². The summed E-state index contributed by atoms with van der Waals surface area (Å²) in [6.07, 6.45) is 6.05. The number of aldehydes is 1. The first-order valence-corrected chi connectivity index (χ1v) is 9.13. The molecule has 4 saturated carbocycles. The SMILES string of the molecule is C[C@]12CC[C@H]3[C@@H](CC(=O)[C@H]4C[C@@H](O)CC[C@@]43C=O)[C@@H]1CCC2=O. The van der Waals surface area contributed by atoms with Crippen LogP contribution in [0.4, 0.5) is 0 Å². The molecule has 0 aromatic carbocycles. The van der Waals surface area contributed by atoms with Crippen molar-refractivity contribution in [2.75, 3.05) is 0 Å². The van der Waals surface area contributed by atoms with E-state index in [1.54, 1.807) is 0 Å². The van der Waals surface area contributed by atoms with Crippen LogP contribution in [0.2, 0.25) is 0 Å². The van der Waals surface area contributed by atoms with E-state index < -0.39 is 11.5 Å². The van der Waals surface area contributed by atoms with Gasteiger partial charge in [0.2, 0.25) is 0 Å². The summed E-state index contributed by atoms with van der Waals surface area (Å²) >= 11 is 0. The molecular formula is C19H26O4. The highest BCUT2D eigenvalue weighted by molar-refractivity contribution is 5.90. The molecule has 0 aromatic heterocycles. The Morgan fingerprint density at radius 1 is 1.13 bits per heavy atom. The van der Waals surface area contributed by atoms with Gasteiger partial charge in [0.1, 0.15) is 17.9 Å². The van der Waals surface area contributed by atoms with Crippen molar-refractivity contribution in [3.63, 3.8) is 0 Å². The number of hydrogen-bond donors (Lipinski definition) is 1. The molecule has 0 radical (unpaired) electrons. The number of ketones is 2. The van der Waals surface area contributed by atoms with Gasteiger partial charge in [0.05, 0.1) is 6.10 Å². The Kier molecular flexibility index (Phi) is 3.36. The Labute approximate surface area is 137 Å². The minimum atomic E-state index is -0.577. The second-order valence-corrected chi connectivity index (χ2v) is 8.68. The van der Waals surface area contributed by atoms with Crippen LogP contribution in [0.1, 0.15) is 58.3 Å². The molecule has 0 spiro atoms. The van der Waals surface area contributed by atoms with E-state index in [1.165, 1.54) is 0 Å². The number of hydrogen-bond acceptors (Lipinski definition) is 4. The van der Waals surface area contributed by atoms with Crippen LogP contribution >= 0.6 is 0 Å². The number of carbonyl (C=O) groups is 3. The fourth-order valence-electron chi connectivity index (χ4n) is 6.69. The molecule has 7 atom stereocenters. The van der Waals surface area contributed by atoms with E-state index in [9.17, 15) is 19.5 Å². The van der Waals surface area contributed by atoms with Crippen molar-refractivity contribution in [3.05, 3.63) is 0 Å². The molecule has 23 heavy (non-hydrogen) atoms. The first-order chi connectivity index (χ1) is 10.9. The van der Waals surface area contributed by atoms with Gasteiger partial charge in [0.15, 0.2) is 0 Å². The Balaban J connectivity index is 1.73. The number of Topliss-reactive ketones (excluding diaryl/α,β-unsaturated/α-hetero) is 2. The molecule has 4 fully saturated rings. The zero-order chi connectivity index (χ0) is 16.4. The number of aliphatic hydroxyl groups is 1. The van der Waals surface area contributed by atoms with Gasteiger partial charge in [-0.15, -0.1) is 0 Å². The Morgan fingerprint density at radius 3 is 2.65 bits per heavy atom. The Hall–Kier alpha value is -1.03. The van der Waals surface area contributed by atoms with Crippen molar-refractivity contribution < 1.29 is 19.5 Å². The summed E-state index contributed by atoms with van der Waals surface area (Å²) in [5.41, 5.74) is -0.848. The lowest BCUT2D eigenvalue weighted by molar-refractivity contribution is -0.166. The topological polar surface area (TPSA) is 71.4 Å². The van der Waals surface area contributed by atoms with Gasteiger partial charge in [0, 0.05) is 29.6 Å². The predicted octanol–water partition coefficient (Wildman–Crippen LogP) is 2.32. The zero-order valence-corrected chi connectivity index (χ0v) is 13.8. The first kappa shape index (κ1) is 15.5. The van der Waals surface area contributed by atoms with Crippen molar-refractivity contribution >= 4 is 17.9 Å². The highest BCUT2D eigenvalue weighted by Gasteiger charge is 2.63.